The summed E-state index contributed by atoms with van der Waals surface area (Å²) in [6.45, 7) is 1.56. The molecule has 2 N–H and O–H groups in total. The Morgan fingerprint density at radius 3 is 2.21 bits per heavy atom. The fourth-order valence-electron chi connectivity index (χ4n) is 3.10. The molecule has 3 rings (SSSR count). The van der Waals surface area contributed by atoms with Gasteiger partial charge in [-0.25, -0.2) is 0 Å². The van der Waals surface area contributed by atoms with Gasteiger partial charge in [-0.05, 0) is 40.8 Å². The van der Waals surface area contributed by atoms with Crippen LogP contribution in [0.4, 0.5) is 0 Å². The first-order valence-corrected chi connectivity index (χ1v) is 9.57. The Bertz CT molecular complexity index is 858. The van der Waals surface area contributed by atoms with Crippen LogP contribution in [0.2, 0.25) is 0 Å². The van der Waals surface area contributed by atoms with Crippen LogP contribution in [0.15, 0.2) is 91.0 Å². The third-order valence-corrected chi connectivity index (χ3v) is 4.72. The molecule has 3 nitrogen and oxygen atoms in total. The van der Waals surface area contributed by atoms with Gasteiger partial charge >= 0.3 is 0 Å². The minimum absolute atomic E-state index is 0.543. The van der Waals surface area contributed by atoms with Crippen molar-refractivity contribution >= 4 is 5.57 Å². The predicted molar refractivity (Wildman–Crippen MR) is 115 cm³/mol. The molecule has 28 heavy (non-hydrogen) atoms. The van der Waals surface area contributed by atoms with Crippen LogP contribution < -0.4 is 10.1 Å². The SMILES string of the molecule is COc1ccc(C(O)C/C=C(\CNCc2ccccc2)c2ccccc2)cc1. The van der Waals surface area contributed by atoms with Crippen molar-refractivity contribution in [1.29, 1.82) is 0 Å². The lowest BCUT2D eigenvalue weighted by molar-refractivity contribution is 0.181. The van der Waals surface area contributed by atoms with Gasteiger partial charge in [0.05, 0.1) is 13.2 Å². The van der Waals surface area contributed by atoms with Crippen LogP contribution in [-0.4, -0.2) is 18.8 Å². The van der Waals surface area contributed by atoms with Crippen molar-refractivity contribution in [3.05, 3.63) is 108 Å². The second-order valence-electron chi connectivity index (χ2n) is 6.71. The van der Waals surface area contributed by atoms with E-state index >= 15 is 0 Å². The highest BCUT2D eigenvalue weighted by molar-refractivity contribution is 5.66. The molecule has 0 heterocycles. The maximum Gasteiger partial charge on any atom is 0.118 e. The molecular weight excluding hydrogens is 346 g/mol. The van der Waals surface area contributed by atoms with Gasteiger partial charge in [-0.1, -0.05) is 78.9 Å². The van der Waals surface area contributed by atoms with Crippen molar-refractivity contribution in [2.45, 2.75) is 19.1 Å². The minimum atomic E-state index is -0.543. The number of rotatable bonds is 9. The lowest BCUT2D eigenvalue weighted by Crippen LogP contribution is -2.16. The molecule has 0 saturated carbocycles. The largest absolute Gasteiger partial charge is 0.497 e. The summed E-state index contributed by atoms with van der Waals surface area (Å²) in [6, 6.07) is 28.3. The highest BCUT2D eigenvalue weighted by Crippen LogP contribution is 2.23. The van der Waals surface area contributed by atoms with E-state index in [0.717, 1.165) is 24.4 Å². The standard InChI is InChI=1S/C25H27NO2/c1-28-24-15-12-22(13-16-24)25(27)17-14-23(21-10-6-3-7-11-21)19-26-18-20-8-4-2-5-9-20/h2-16,25-27H,17-19H2,1H3/b23-14+. The van der Waals surface area contributed by atoms with Crippen LogP contribution in [0.5, 0.6) is 5.75 Å². The Kier molecular flexibility index (Phi) is 7.42. The number of methoxy groups -OCH3 is 1. The summed E-state index contributed by atoms with van der Waals surface area (Å²) in [5.74, 6) is 0.793. The molecule has 0 amide bonds. The summed E-state index contributed by atoms with van der Waals surface area (Å²) < 4.78 is 5.18. The van der Waals surface area contributed by atoms with Crippen LogP contribution in [0, 0.1) is 0 Å². The molecule has 0 aliphatic rings. The van der Waals surface area contributed by atoms with Gasteiger partial charge in [-0.15, -0.1) is 0 Å². The number of ether oxygens (including phenoxy) is 1. The third kappa shape index (κ3) is 5.81. The van der Waals surface area contributed by atoms with Gasteiger partial charge in [0.15, 0.2) is 0 Å². The monoisotopic (exact) mass is 373 g/mol. The van der Waals surface area contributed by atoms with E-state index in [1.54, 1.807) is 7.11 Å². The summed E-state index contributed by atoms with van der Waals surface area (Å²) in [5.41, 5.74) is 4.50. The summed E-state index contributed by atoms with van der Waals surface area (Å²) in [7, 11) is 1.64. The number of nitrogens with one attached hydrogen (secondary N) is 1. The average molecular weight is 373 g/mol. The molecule has 0 aliphatic heterocycles. The molecule has 0 aromatic heterocycles. The van der Waals surface area contributed by atoms with Gasteiger partial charge in [0, 0.05) is 13.1 Å². The second-order valence-corrected chi connectivity index (χ2v) is 6.71. The fraction of sp³-hybridized carbons (Fsp3) is 0.200. The van der Waals surface area contributed by atoms with Gasteiger partial charge in [0.1, 0.15) is 5.75 Å². The molecular formula is C25H27NO2. The zero-order chi connectivity index (χ0) is 19.6. The zero-order valence-corrected chi connectivity index (χ0v) is 16.2. The summed E-state index contributed by atoms with van der Waals surface area (Å²) >= 11 is 0. The minimum Gasteiger partial charge on any atom is -0.497 e. The molecule has 0 fully saturated rings. The molecule has 0 radical (unpaired) electrons. The maximum atomic E-state index is 10.6. The summed E-state index contributed by atoms with van der Waals surface area (Å²) in [5, 5.41) is 14.1. The molecule has 3 aromatic rings. The van der Waals surface area contributed by atoms with Crippen LogP contribution in [0.1, 0.15) is 29.2 Å². The molecule has 1 unspecified atom stereocenters. The second kappa shape index (κ2) is 10.5. The van der Waals surface area contributed by atoms with Crippen LogP contribution in [-0.2, 0) is 6.54 Å². The lowest BCUT2D eigenvalue weighted by atomic mass is 10.0. The Morgan fingerprint density at radius 1 is 0.929 bits per heavy atom. The van der Waals surface area contributed by atoms with E-state index in [9.17, 15) is 5.11 Å². The van der Waals surface area contributed by atoms with Crippen molar-refractivity contribution in [3.63, 3.8) is 0 Å². The Balaban J connectivity index is 1.67. The first kappa shape index (κ1) is 19.9. The Morgan fingerprint density at radius 2 is 1.57 bits per heavy atom. The molecule has 3 aromatic carbocycles. The average Bonchev–Trinajstić information content (AvgIpc) is 2.77. The maximum absolute atomic E-state index is 10.6. The molecule has 1 atom stereocenters. The lowest BCUT2D eigenvalue weighted by Gasteiger charge is -2.13. The highest BCUT2D eigenvalue weighted by atomic mass is 16.5. The zero-order valence-electron chi connectivity index (χ0n) is 16.2. The van der Waals surface area contributed by atoms with Crippen molar-refractivity contribution in [2.24, 2.45) is 0 Å². The first-order valence-electron chi connectivity index (χ1n) is 9.57. The molecule has 0 aliphatic carbocycles. The van der Waals surface area contributed by atoms with E-state index in [4.69, 9.17) is 4.74 Å². The quantitative estimate of drug-likeness (QED) is 0.555. The Labute approximate surface area is 167 Å². The van der Waals surface area contributed by atoms with Crippen molar-refractivity contribution in [3.8, 4) is 5.75 Å². The number of hydrogen-bond acceptors (Lipinski definition) is 3. The first-order chi connectivity index (χ1) is 13.8. The van der Waals surface area contributed by atoms with Crippen molar-refractivity contribution in [2.75, 3.05) is 13.7 Å². The third-order valence-electron chi connectivity index (χ3n) is 4.72. The van der Waals surface area contributed by atoms with Gasteiger partial charge in [0.2, 0.25) is 0 Å². The van der Waals surface area contributed by atoms with E-state index in [-0.39, 0.29) is 0 Å². The number of aliphatic hydroxyl groups is 1. The number of hydrogen-bond donors (Lipinski definition) is 2. The number of aliphatic hydroxyl groups excluding tert-OH is 1. The normalized spacial score (nSPS) is 12.6. The smallest absolute Gasteiger partial charge is 0.118 e. The van der Waals surface area contributed by atoms with Crippen molar-refractivity contribution in [1.82, 2.24) is 5.32 Å². The van der Waals surface area contributed by atoms with E-state index in [1.807, 2.05) is 48.5 Å². The van der Waals surface area contributed by atoms with Crippen molar-refractivity contribution < 1.29 is 9.84 Å². The predicted octanol–water partition coefficient (Wildman–Crippen LogP) is 4.99. The van der Waals surface area contributed by atoms with Gasteiger partial charge in [-0.3, -0.25) is 0 Å². The van der Waals surface area contributed by atoms with Crippen LogP contribution in [0.25, 0.3) is 5.57 Å². The molecule has 0 spiro atoms. The molecule has 0 bridgehead atoms. The summed E-state index contributed by atoms with van der Waals surface area (Å²) in [4.78, 5) is 0. The summed E-state index contributed by atoms with van der Waals surface area (Å²) in [6.07, 6.45) is 2.14. The molecule has 3 heteroatoms. The number of benzene rings is 3. The van der Waals surface area contributed by atoms with Gasteiger partial charge < -0.3 is 15.2 Å². The van der Waals surface area contributed by atoms with E-state index in [2.05, 4.69) is 47.8 Å². The van der Waals surface area contributed by atoms with Gasteiger partial charge in [0.25, 0.3) is 0 Å². The Hall–Kier alpha value is -2.88. The highest BCUT2D eigenvalue weighted by Gasteiger charge is 2.08. The van der Waals surface area contributed by atoms with Crippen LogP contribution >= 0.6 is 0 Å². The topological polar surface area (TPSA) is 41.5 Å². The van der Waals surface area contributed by atoms with Crippen LogP contribution in [0.3, 0.4) is 0 Å². The van der Waals surface area contributed by atoms with Gasteiger partial charge in [-0.2, -0.15) is 0 Å². The van der Waals surface area contributed by atoms with E-state index in [1.165, 1.54) is 16.7 Å². The van der Waals surface area contributed by atoms with E-state index < -0.39 is 6.10 Å². The molecule has 0 saturated heterocycles. The van der Waals surface area contributed by atoms with E-state index in [0.29, 0.717) is 6.42 Å². The molecule has 144 valence electrons. The fourth-order valence-corrected chi connectivity index (χ4v) is 3.10.